The first-order valence-electron chi connectivity index (χ1n) is 7.70. The van der Waals surface area contributed by atoms with E-state index in [2.05, 4.69) is 34.7 Å². The van der Waals surface area contributed by atoms with E-state index in [1.165, 1.54) is 24.8 Å². The van der Waals surface area contributed by atoms with Crippen LogP contribution in [0.5, 0.6) is 6.01 Å². The van der Waals surface area contributed by atoms with Crippen LogP contribution in [0.4, 0.5) is 0 Å². The third kappa shape index (κ3) is 6.21. The van der Waals surface area contributed by atoms with Gasteiger partial charge in [-0.25, -0.2) is 4.98 Å². The van der Waals surface area contributed by atoms with E-state index in [0.29, 0.717) is 0 Å². The quantitative estimate of drug-likeness (QED) is 0.535. The van der Waals surface area contributed by atoms with Gasteiger partial charge >= 0.3 is 6.01 Å². The van der Waals surface area contributed by atoms with Crippen LogP contribution in [-0.2, 0) is 14.4 Å². The van der Waals surface area contributed by atoms with Crippen LogP contribution in [-0.4, -0.2) is 38.4 Å². The van der Waals surface area contributed by atoms with Crippen molar-refractivity contribution in [2.75, 3.05) is 0 Å². The second kappa shape index (κ2) is 10.0. The van der Waals surface area contributed by atoms with Crippen LogP contribution >= 0.6 is 0 Å². The van der Waals surface area contributed by atoms with Crippen LogP contribution < -0.4 is 4.74 Å². The lowest BCUT2D eigenvalue weighted by Crippen LogP contribution is -2.32. The average Bonchev–Trinajstić information content (AvgIpc) is 2.65. The second-order valence-corrected chi connectivity index (χ2v) is 5.42. The molecule has 3 unspecified atom stereocenters. The van der Waals surface area contributed by atoms with Crippen LogP contribution in [0.15, 0.2) is 50.6 Å². The maximum absolute atomic E-state index is 12.2. The monoisotopic (exact) mass is 343 g/mol. The molecule has 132 valence electrons. The van der Waals surface area contributed by atoms with Gasteiger partial charge in [0.05, 0.1) is 0 Å². The topological polar surface area (TPSA) is 99.1 Å². The smallest absolute Gasteiger partial charge is 0.320 e. The lowest BCUT2D eigenvalue weighted by molar-refractivity contribution is -0.124. The van der Waals surface area contributed by atoms with E-state index in [-0.39, 0.29) is 30.4 Å². The zero-order chi connectivity index (χ0) is 18.8. The number of carbonyl (C=O) groups excluding carboxylic acids is 3. The van der Waals surface area contributed by atoms with E-state index < -0.39 is 23.7 Å². The first-order valence-corrected chi connectivity index (χ1v) is 7.70. The van der Waals surface area contributed by atoms with Crippen molar-refractivity contribution in [2.24, 2.45) is 11.8 Å². The summed E-state index contributed by atoms with van der Waals surface area (Å²) >= 11 is 0. The summed E-state index contributed by atoms with van der Waals surface area (Å²) < 4.78 is 5.49. The SMILES string of the molecule is C=CC(=O)C(C)CC(CC(Oc1ncncn1)C(=O)C=C)C(=O)C=C. The molecule has 0 fully saturated rings. The molecule has 0 aliphatic rings. The average molecular weight is 343 g/mol. The van der Waals surface area contributed by atoms with Crippen molar-refractivity contribution in [1.82, 2.24) is 15.0 Å². The Bertz CT molecular complexity index is 658. The number of nitrogens with zero attached hydrogens (tertiary/aromatic N) is 3. The zero-order valence-electron chi connectivity index (χ0n) is 14.1. The first kappa shape index (κ1) is 20.1. The summed E-state index contributed by atoms with van der Waals surface area (Å²) in [5, 5.41) is 0. The number of carbonyl (C=O) groups is 3. The molecule has 0 aliphatic heterocycles. The standard InChI is InChI=1S/C18H21N3O4/c1-5-14(22)12(4)8-13(15(23)6-2)9-17(16(24)7-3)25-18-20-10-19-11-21-18/h5-7,10-13,17H,1-3,8-9H2,4H3. The summed E-state index contributed by atoms with van der Waals surface area (Å²) in [6.07, 6.45) is 5.26. The molecule has 0 saturated carbocycles. The van der Waals surface area contributed by atoms with E-state index in [9.17, 15) is 14.4 Å². The molecule has 0 saturated heterocycles. The minimum absolute atomic E-state index is 0.0322. The first-order chi connectivity index (χ1) is 11.9. The molecule has 0 amide bonds. The number of allylic oxidation sites excluding steroid dienone is 2. The van der Waals surface area contributed by atoms with Crippen LogP contribution in [0, 0.1) is 11.8 Å². The number of ketones is 3. The number of hydrogen-bond donors (Lipinski definition) is 0. The van der Waals surface area contributed by atoms with Crippen molar-refractivity contribution < 1.29 is 19.1 Å². The van der Waals surface area contributed by atoms with Crippen molar-refractivity contribution in [3.63, 3.8) is 0 Å². The molecular weight excluding hydrogens is 322 g/mol. The number of rotatable bonds is 12. The minimum atomic E-state index is -1.00. The largest absolute Gasteiger partial charge is 0.452 e. The fraction of sp³-hybridized carbons (Fsp3) is 0.333. The van der Waals surface area contributed by atoms with Gasteiger partial charge in [0.2, 0.25) is 0 Å². The normalized spacial score (nSPS) is 13.8. The third-order valence-corrected chi connectivity index (χ3v) is 3.66. The molecule has 1 rings (SSSR count). The Hall–Kier alpha value is -2.96. The lowest BCUT2D eigenvalue weighted by atomic mass is 9.85. The summed E-state index contributed by atoms with van der Waals surface area (Å²) in [6.45, 7) is 12.1. The molecule has 0 N–H and O–H groups in total. The van der Waals surface area contributed by atoms with Gasteiger partial charge < -0.3 is 4.74 Å². The van der Waals surface area contributed by atoms with Crippen molar-refractivity contribution >= 4 is 17.3 Å². The Morgan fingerprint density at radius 3 is 2.08 bits per heavy atom. The Labute approximate surface area is 146 Å². The van der Waals surface area contributed by atoms with Gasteiger partial charge in [0.15, 0.2) is 23.5 Å². The maximum atomic E-state index is 12.2. The Kier molecular flexibility index (Phi) is 8.05. The fourth-order valence-electron chi connectivity index (χ4n) is 2.27. The van der Waals surface area contributed by atoms with Gasteiger partial charge in [-0.3, -0.25) is 14.4 Å². The zero-order valence-corrected chi connectivity index (χ0v) is 14.1. The van der Waals surface area contributed by atoms with Gasteiger partial charge in [-0.1, -0.05) is 26.7 Å². The van der Waals surface area contributed by atoms with E-state index in [1.807, 2.05) is 0 Å². The highest BCUT2D eigenvalue weighted by Crippen LogP contribution is 2.22. The van der Waals surface area contributed by atoms with Gasteiger partial charge in [-0.15, -0.1) is 0 Å². The van der Waals surface area contributed by atoms with E-state index >= 15 is 0 Å². The van der Waals surface area contributed by atoms with Crippen LogP contribution in [0.3, 0.4) is 0 Å². The summed E-state index contributed by atoms with van der Waals surface area (Å²) in [5.74, 6) is -1.89. The summed E-state index contributed by atoms with van der Waals surface area (Å²) in [6, 6.07) is -0.0322. The molecule has 1 heterocycles. The van der Waals surface area contributed by atoms with E-state index in [0.717, 1.165) is 6.08 Å². The number of aromatic nitrogens is 3. The highest BCUT2D eigenvalue weighted by molar-refractivity contribution is 5.96. The minimum Gasteiger partial charge on any atom is -0.452 e. The third-order valence-electron chi connectivity index (χ3n) is 3.66. The predicted molar refractivity (Wildman–Crippen MR) is 91.7 cm³/mol. The number of hydrogen-bond acceptors (Lipinski definition) is 7. The molecule has 0 spiro atoms. The molecule has 0 aromatic carbocycles. The molecule has 7 heteroatoms. The molecule has 0 bridgehead atoms. The fourth-order valence-corrected chi connectivity index (χ4v) is 2.27. The van der Waals surface area contributed by atoms with E-state index in [1.54, 1.807) is 6.92 Å². The molecule has 3 atom stereocenters. The summed E-state index contributed by atoms with van der Waals surface area (Å²) in [4.78, 5) is 47.3. The predicted octanol–water partition coefficient (Wildman–Crippen LogP) is 1.92. The van der Waals surface area contributed by atoms with Crippen LogP contribution in [0.1, 0.15) is 19.8 Å². The molecule has 7 nitrogen and oxygen atoms in total. The maximum Gasteiger partial charge on any atom is 0.320 e. The Morgan fingerprint density at radius 2 is 1.56 bits per heavy atom. The Morgan fingerprint density at radius 1 is 1.00 bits per heavy atom. The summed E-state index contributed by atoms with van der Waals surface area (Å²) in [5.41, 5.74) is 0. The number of ether oxygens (including phenoxy) is 1. The molecule has 25 heavy (non-hydrogen) atoms. The van der Waals surface area contributed by atoms with Gasteiger partial charge in [-0.2, -0.15) is 9.97 Å². The van der Waals surface area contributed by atoms with E-state index in [4.69, 9.17) is 4.74 Å². The molecule has 0 radical (unpaired) electrons. The lowest BCUT2D eigenvalue weighted by Gasteiger charge is -2.22. The van der Waals surface area contributed by atoms with Crippen molar-refractivity contribution in [2.45, 2.75) is 25.9 Å². The molecular formula is C18H21N3O4. The van der Waals surface area contributed by atoms with Gasteiger partial charge in [0, 0.05) is 18.3 Å². The molecule has 1 aromatic rings. The van der Waals surface area contributed by atoms with Crippen LogP contribution in [0.25, 0.3) is 0 Å². The highest BCUT2D eigenvalue weighted by atomic mass is 16.5. The Balaban J connectivity index is 2.97. The van der Waals surface area contributed by atoms with Gasteiger partial charge in [0.1, 0.15) is 12.7 Å². The van der Waals surface area contributed by atoms with Crippen molar-refractivity contribution in [3.05, 3.63) is 50.6 Å². The van der Waals surface area contributed by atoms with Crippen LogP contribution in [0.2, 0.25) is 0 Å². The highest BCUT2D eigenvalue weighted by Gasteiger charge is 2.29. The van der Waals surface area contributed by atoms with Gasteiger partial charge in [0.25, 0.3) is 0 Å². The van der Waals surface area contributed by atoms with Crippen molar-refractivity contribution in [1.29, 1.82) is 0 Å². The molecule has 0 aliphatic carbocycles. The molecule has 1 aromatic heterocycles. The van der Waals surface area contributed by atoms with Crippen molar-refractivity contribution in [3.8, 4) is 6.01 Å². The summed E-state index contributed by atoms with van der Waals surface area (Å²) in [7, 11) is 0. The van der Waals surface area contributed by atoms with Gasteiger partial charge in [-0.05, 0) is 24.6 Å². The second-order valence-electron chi connectivity index (χ2n) is 5.42.